The monoisotopic (exact) mass is 284 g/mol. The second-order valence-corrected chi connectivity index (χ2v) is 6.23. The number of nitrogens with zero attached hydrogens (tertiary/aromatic N) is 1. The van der Waals surface area contributed by atoms with E-state index >= 15 is 0 Å². The zero-order valence-electron chi connectivity index (χ0n) is 12.9. The van der Waals surface area contributed by atoms with Crippen molar-refractivity contribution in [2.75, 3.05) is 19.6 Å². The second-order valence-electron chi connectivity index (χ2n) is 6.23. The lowest BCUT2D eigenvalue weighted by Crippen LogP contribution is -2.48. The van der Waals surface area contributed by atoms with Gasteiger partial charge in [-0.1, -0.05) is 13.8 Å². The number of hydrogen-bond donors (Lipinski definition) is 2. The molecule has 0 saturated carbocycles. The van der Waals surface area contributed by atoms with Crippen molar-refractivity contribution in [3.05, 3.63) is 0 Å². The average Bonchev–Trinajstić information content (AvgIpc) is 2.42. The van der Waals surface area contributed by atoms with Crippen LogP contribution in [0.3, 0.4) is 0 Å². The van der Waals surface area contributed by atoms with Crippen LogP contribution in [0, 0.1) is 11.8 Å². The van der Waals surface area contributed by atoms with Crippen LogP contribution in [0.4, 0.5) is 0 Å². The van der Waals surface area contributed by atoms with Crippen LogP contribution < -0.4 is 5.32 Å². The fourth-order valence-corrected chi connectivity index (χ4v) is 2.57. The van der Waals surface area contributed by atoms with Crippen LogP contribution in [0.5, 0.6) is 0 Å². The van der Waals surface area contributed by atoms with Crippen molar-refractivity contribution in [2.45, 2.75) is 52.5 Å². The first-order chi connectivity index (χ1) is 9.40. The van der Waals surface area contributed by atoms with Crippen molar-refractivity contribution in [1.29, 1.82) is 0 Å². The molecule has 1 aliphatic heterocycles. The van der Waals surface area contributed by atoms with E-state index in [0.29, 0.717) is 11.8 Å². The molecule has 0 radical (unpaired) electrons. The number of hydrogen-bond acceptors (Lipinski definition) is 3. The first-order valence-electron chi connectivity index (χ1n) is 7.63. The Hall–Kier alpha value is -1.10. The van der Waals surface area contributed by atoms with Crippen LogP contribution in [0.15, 0.2) is 0 Å². The van der Waals surface area contributed by atoms with Crippen molar-refractivity contribution in [3.8, 4) is 0 Å². The molecule has 20 heavy (non-hydrogen) atoms. The Bertz CT molecular complexity index is 323. The predicted octanol–water partition coefficient (Wildman–Crippen LogP) is 1.72. The molecule has 5 heteroatoms. The van der Waals surface area contributed by atoms with E-state index in [0.717, 1.165) is 38.9 Å². The van der Waals surface area contributed by atoms with Gasteiger partial charge in [-0.25, -0.2) is 0 Å². The van der Waals surface area contributed by atoms with E-state index in [9.17, 15) is 9.59 Å². The average molecular weight is 284 g/mol. The van der Waals surface area contributed by atoms with Crippen LogP contribution >= 0.6 is 0 Å². The number of piperidine rings is 1. The molecule has 1 heterocycles. The lowest BCUT2D eigenvalue weighted by atomic mass is 9.91. The topological polar surface area (TPSA) is 69.6 Å². The number of carboxylic acids is 1. The van der Waals surface area contributed by atoms with Crippen molar-refractivity contribution < 1.29 is 14.7 Å². The summed E-state index contributed by atoms with van der Waals surface area (Å²) in [5, 5.41) is 11.7. The number of amides is 1. The maximum Gasteiger partial charge on any atom is 0.303 e. The maximum atomic E-state index is 12.0. The summed E-state index contributed by atoms with van der Waals surface area (Å²) in [4.78, 5) is 24.8. The predicted molar refractivity (Wildman–Crippen MR) is 78.5 cm³/mol. The molecule has 0 aliphatic carbocycles. The number of carbonyl (C=O) groups excluding carboxylic acids is 1. The Morgan fingerprint density at radius 1 is 1.25 bits per heavy atom. The molecule has 0 spiro atoms. The van der Waals surface area contributed by atoms with E-state index in [1.54, 1.807) is 0 Å². The van der Waals surface area contributed by atoms with Gasteiger partial charge in [0.15, 0.2) is 0 Å². The number of carbonyl (C=O) groups is 2. The molecule has 1 saturated heterocycles. The first kappa shape index (κ1) is 17.0. The summed E-state index contributed by atoms with van der Waals surface area (Å²) in [5.74, 6) is 0.345. The van der Waals surface area contributed by atoms with Gasteiger partial charge in [-0.3, -0.25) is 14.5 Å². The Labute approximate surface area is 121 Å². The van der Waals surface area contributed by atoms with Crippen LogP contribution in [0.25, 0.3) is 0 Å². The highest BCUT2D eigenvalue weighted by molar-refractivity contribution is 5.81. The van der Waals surface area contributed by atoms with Crippen LogP contribution in [-0.4, -0.2) is 47.6 Å². The van der Waals surface area contributed by atoms with Crippen molar-refractivity contribution in [1.82, 2.24) is 10.2 Å². The fraction of sp³-hybridized carbons (Fsp3) is 0.867. The molecule has 2 N–H and O–H groups in total. The van der Waals surface area contributed by atoms with Gasteiger partial charge in [0, 0.05) is 13.0 Å². The number of likely N-dealkylation sites (tertiary alicyclic amines) is 1. The first-order valence-corrected chi connectivity index (χ1v) is 7.63. The van der Waals surface area contributed by atoms with Crippen molar-refractivity contribution >= 4 is 11.9 Å². The molecule has 0 aromatic carbocycles. The Morgan fingerprint density at radius 3 is 2.35 bits per heavy atom. The van der Waals surface area contributed by atoms with Crippen LogP contribution in [0.2, 0.25) is 0 Å². The summed E-state index contributed by atoms with van der Waals surface area (Å²) >= 11 is 0. The molecule has 1 atom stereocenters. The normalized spacial score (nSPS) is 19.0. The van der Waals surface area contributed by atoms with Gasteiger partial charge in [0.05, 0.1) is 6.04 Å². The van der Waals surface area contributed by atoms with E-state index < -0.39 is 5.97 Å². The Balaban J connectivity index is 2.29. The highest BCUT2D eigenvalue weighted by atomic mass is 16.4. The Kier molecular flexibility index (Phi) is 6.99. The van der Waals surface area contributed by atoms with Gasteiger partial charge >= 0.3 is 5.97 Å². The summed E-state index contributed by atoms with van der Waals surface area (Å²) in [6.07, 6.45) is 3.01. The minimum Gasteiger partial charge on any atom is -0.481 e. The van der Waals surface area contributed by atoms with E-state index in [4.69, 9.17) is 5.11 Å². The lowest BCUT2D eigenvalue weighted by molar-refractivity contribution is -0.137. The lowest BCUT2D eigenvalue weighted by Gasteiger charge is -2.35. The highest BCUT2D eigenvalue weighted by Gasteiger charge is 2.26. The van der Waals surface area contributed by atoms with E-state index in [1.807, 2.05) is 6.92 Å². The molecule has 0 bridgehead atoms. The molecule has 1 amide bonds. The van der Waals surface area contributed by atoms with Gasteiger partial charge in [0.2, 0.25) is 5.91 Å². The van der Waals surface area contributed by atoms with Gasteiger partial charge in [-0.2, -0.15) is 0 Å². The summed E-state index contributed by atoms with van der Waals surface area (Å²) in [5.41, 5.74) is 0. The number of carboxylic acid groups (broad SMARTS) is 1. The molecule has 0 aromatic rings. The van der Waals surface area contributed by atoms with Crippen molar-refractivity contribution in [3.63, 3.8) is 0 Å². The molecule has 1 rings (SSSR count). The van der Waals surface area contributed by atoms with Crippen molar-refractivity contribution in [2.24, 2.45) is 11.8 Å². The van der Waals surface area contributed by atoms with Gasteiger partial charge in [0.1, 0.15) is 0 Å². The highest BCUT2D eigenvalue weighted by Crippen LogP contribution is 2.23. The molecule has 1 fully saturated rings. The van der Waals surface area contributed by atoms with Gasteiger partial charge in [-0.05, 0) is 51.1 Å². The summed E-state index contributed by atoms with van der Waals surface area (Å²) in [6.45, 7) is 8.62. The smallest absolute Gasteiger partial charge is 0.303 e. The van der Waals surface area contributed by atoms with E-state index in [-0.39, 0.29) is 18.4 Å². The molecule has 5 nitrogen and oxygen atoms in total. The number of aliphatic carboxylic acids is 1. The minimum atomic E-state index is -0.714. The molecule has 1 unspecified atom stereocenters. The van der Waals surface area contributed by atoms with E-state index in [1.165, 1.54) is 0 Å². The molecule has 0 aromatic heterocycles. The van der Waals surface area contributed by atoms with Gasteiger partial charge < -0.3 is 10.4 Å². The van der Waals surface area contributed by atoms with Crippen LogP contribution in [0.1, 0.15) is 46.5 Å². The number of rotatable bonds is 7. The molecular formula is C15H28N2O3. The molecule has 116 valence electrons. The molecule has 1 aliphatic rings. The third-order valence-electron chi connectivity index (χ3n) is 4.03. The van der Waals surface area contributed by atoms with Crippen LogP contribution in [-0.2, 0) is 9.59 Å². The summed E-state index contributed by atoms with van der Waals surface area (Å²) in [6, 6.07) is -0.0887. The second kappa shape index (κ2) is 8.25. The Morgan fingerprint density at radius 2 is 1.85 bits per heavy atom. The largest absolute Gasteiger partial charge is 0.481 e. The SMILES string of the molecule is CC(C)CNC(=O)C(C)N1CCC(CCC(=O)O)CC1. The third-order valence-corrected chi connectivity index (χ3v) is 4.03. The third kappa shape index (κ3) is 5.90. The van der Waals surface area contributed by atoms with Gasteiger partial charge in [-0.15, -0.1) is 0 Å². The minimum absolute atomic E-state index is 0.0887. The zero-order chi connectivity index (χ0) is 15.1. The maximum absolute atomic E-state index is 12.0. The zero-order valence-corrected chi connectivity index (χ0v) is 12.9. The standard InChI is InChI=1S/C15H28N2O3/c1-11(2)10-16-15(20)12(3)17-8-6-13(7-9-17)4-5-14(18)19/h11-13H,4-10H2,1-3H3,(H,16,20)(H,18,19). The quantitative estimate of drug-likeness (QED) is 0.747. The summed E-state index contributed by atoms with van der Waals surface area (Å²) < 4.78 is 0. The summed E-state index contributed by atoms with van der Waals surface area (Å²) in [7, 11) is 0. The fourth-order valence-electron chi connectivity index (χ4n) is 2.57. The molecular weight excluding hydrogens is 256 g/mol. The van der Waals surface area contributed by atoms with Gasteiger partial charge in [0.25, 0.3) is 0 Å². The van der Waals surface area contributed by atoms with E-state index in [2.05, 4.69) is 24.1 Å². The number of nitrogens with one attached hydrogen (secondary N) is 1.